The maximum Gasteiger partial charge on any atom is 0.264 e. The normalized spacial score (nSPS) is 15.8. The van der Waals surface area contributed by atoms with Crippen molar-refractivity contribution in [1.82, 2.24) is 4.90 Å². The van der Waals surface area contributed by atoms with Crippen LogP contribution >= 0.6 is 24.2 Å². The molecule has 3 rings (SSSR count). The number of carbonyl (C=O) groups excluding carboxylic acids is 1. The number of sulfone groups is 1. The van der Waals surface area contributed by atoms with Gasteiger partial charge in [-0.1, -0.05) is 26.7 Å². The Bertz CT molecular complexity index is 946. The number of thioether (sulfide) groups is 1. The van der Waals surface area contributed by atoms with Crippen molar-refractivity contribution < 1.29 is 17.9 Å². The highest BCUT2D eigenvalue weighted by atomic mass is 35.5. The Kier molecular flexibility index (Phi) is 10.5. The van der Waals surface area contributed by atoms with E-state index in [9.17, 15) is 13.2 Å². The fourth-order valence-electron chi connectivity index (χ4n) is 3.43. The minimum absolute atomic E-state index is 0. The van der Waals surface area contributed by atoms with E-state index < -0.39 is 9.84 Å². The summed E-state index contributed by atoms with van der Waals surface area (Å²) in [7, 11) is -3.41. The van der Waals surface area contributed by atoms with Gasteiger partial charge in [0.2, 0.25) is 0 Å². The summed E-state index contributed by atoms with van der Waals surface area (Å²) in [4.78, 5) is 20.6. The summed E-state index contributed by atoms with van der Waals surface area (Å²) in [5, 5.41) is 3.81. The number of hydrogen-bond acceptors (Lipinski definition) is 7. The number of carbonyl (C=O) groups is 1. The highest BCUT2D eigenvalue weighted by Gasteiger charge is 2.33. The first-order valence-corrected chi connectivity index (χ1v) is 13.4. The predicted octanol–water partition coefficient (Wildman–Crippen LogP) is 4.46. The Labute approximate surface area is 201 Å². The van der Waals surface area contributed by atoms with Gasteiger partial charge in [0.25, 0.3) is 5.91 Å². The molecule has 1 aromatic carbocycles. The van der Waals surface area contributed by atoms with Gasteiger partial charge in [-0.25, -0.2) is 8.42 Å². The number of unbranched alkanes of at least 4 members (excludes halogenated alkanes) is 1. The number of nitrogens with one attached hydrogen (secondary N) is 1. The minimum atomic E-state index is -3.41. The average Bonchev–Trinajstić information content (AvgIpc) is 3.13. The van der Waals surface area contributed by atoms with E-state index in [1.165, 1.54) is 23.9 Å². The molecule has 178 valence electrons. The molecule has 1 N–H and O–H groups in total. The van der Waals surface area contributed by atoms with Crippen molar-refractivity contribution in [3.8, 4) is 0 Å². The lowest BCUT2D eigenvalue weighted by atomic mass is 10.2. The van der Waals surface area contributed by atoms with E-state index in [-0.39, 0.29) is 35.6 Å². The summed E-state index contributed by atoms with van der Waals surface area (Å²) >= 11 is 1.43. The fraction of sp³-hybridized carbons (Fsp3) is 0.545. The van der Waals surface area contributed by atoms with E-state index in [2.05, 4.69) is 29.1 Å². The van der Waals surface area contributed by atoms with Crippen molar-refractivity contribution >= 4 is 50.8 Å². The molecule has 0 saturated carbocycles. The number of fused-ring (bicyclic) bond motifs is 1. The van der Waals surface area contributed by atoms with Crippen LogP contribution in [0.5, 0.6) is 0 Å². The van der Waals surface area contributed by atoms with Gasteiger partial charge in [-0.3, -0.25) is 9.79 Å². The summed E-state index contributed by atoms with van der Waals surface area (Å²) < 4.78 is 30.3. The van der Waals surface area contributed by atoms with Crippen molar-refractivity contribution in [3.05, 3.63) is 34.9 Å². The van der Waals surface area contributed by atoms with Crippen LogP contribution in [-0.2, 0) is 19.4 Å². The van der Waals surface area contributed by atoms with Crippen LogP contribution in [0, 0.1) is 0 Å². The fourth-order valence-corrected chi connectivity index (χ4v) is 5.67. The van der Waals surface area contributed by atoms with E-state index in [0.29, 0.717) is 17.2 Å². The monoisotopic (exact) mass is 501 g/mol. The molecule has 1 aromatic rings. The van der Waals surface area contributed by atoms with Crippen molar-refractivity contribution in [2.75, 3.05) is 37.4 Å². The van der Waals surface area contributed by atoms with Gasteiger partial charge in [0.15, 0.2) is 15.0 Å². The molecule has 2 heterocycles. The van der Waals surface area contributed by atoms with Gasteiger partial charge in [-0.15, -0.1) is 12.4 Å². The van der Waals surface area contributed by atoms with Gasteiger partial charge in [-0.05, 0) is 55.3 Å². The summed E-state index contributed by atoms with van der Waals surface area (Å²) in [5.41, 5.74) is 1.60. The van der Waals surface area contributed by atoms with Crippen LogP contribution in [-0.4, -0.2) is 56.4 Å². The largest absolute Gasteiger partial charge is 0.380 e. The van der Waals surface area contributed by atoms with Crippen molar-refractivity contribution in [2.24, 2.45) is 4.99 Å². The summed E-state index contributed by atoms with van der Waals surface area (Å²) in [5.74, 6) is -0.227. The minimum Gasteiger partial charge on any atom is -0.380 e. The quantitative estimate of drug-likeness (QED) is 0.450. The summed E-state index contributed by atoms with van der Waals surface area (Å²) in [6, 6.07) is 6.33. The molecule has 32 heavy (non-hydrogen) atoms. The first-order chi connectivity index (χ1) is 15.0. The molecule has 0 atom stereocenters. The van der Waals surface area contributed by atoms with Crippen LogP contribution in [0.3, 0.4) is 0 Å². The lowest BCUT2D eigenvalue weighted by Gasteiger charge is -2.25. The third-order valence-electron chi connectivity index (χ3n) is 5.10. The van der Waals surface area contributed by atoms with Gasteiger partial charge in [-0.2, -0.15) is 0 Å². The van der Waals surface area contributed by atoms with E-state index in [4.69, 9.17) is 4.74 Å². The lowest BCUT2D eigenvalue weighted by Crippen LogP contribution is -2.29. The molecule has 2 aliphatic heterocycles. The van der Waals surface area contributed by atoms with Crippen LogP contribution in [0.25, 0.3) is 0 Å². The highest BCUT2D eigenvalue weighted by molar-refractivity contribution is 8.18. The second-order valence-corrected chi connectivity index (χ2v) is 10.6. The lowest BCUT2D eigenvalue weighted by molar-refractivity contribution is -0.112. The number of halogens is 1. The number of amidine groups is 1. The third-order valence-corrected chi connectivity index (χ3v) is 7.95. The zero-order valence-corrected chi connectivity index (χ0v) is 21.1. The van der Waals surface area contributed by atoms with Crippen molar-refractivity contribution in [3.63, 3.8) is 0 Å². The van der Waals surface area contributed by atoms with Crippen LogP contribution in [0.4, 0.5) is 5.69 Å². The molecular weight excluding hydrogens is 470 g/mol. The molecule has 7 nitrogen and oxygen atoms in total. The number of rotatable bonds is 11. The topological polar surface area (TPSA) is 88.1 Å². The predicted molar refractivity (Wildman–Crippen MR) is 133 cm³/mol. The van der Waals surface area contributed by atoms with Crippen LogP contribution in [0.2, 0.25) is 0 Å². The number of anilines is 1. The zero-order valence-electron chi connectivity index (χ0n) is 18.6. The molecule has 1 amide bonds. The van der Waals surface area contributed by atoms with E-state index >= 15 is 0 Å². The number of amides is 1. The van der Waals surface area contributed by atoms with Gasteiger partial charge in [0, 0.05) is 31.1 Å². The second-order valence-electron chi connectivity index (χ2n) is 7.56. The first kappa shape index (κ1) is 26.7. The Morgan fingerprint density at radius 2 is 1.94 bits per heavy atom. The van der Waals surface area contributed by atoms with Crippen LogP contribution < -0.4 is 5.32 Å². The molecular formula is C22H32ClN3O4S2. The number of hydrogen-bond donors (Lipinski definition) is 1. The smallest absolute Gasteiger partial charge is 0.264 e. The summed E-state index contributed by atoms with van der Waals surface area (Å²) in [6.45, 7) is 6.62. The van der Waals surface area contributed by atoms with Gasteiger partial charge in [0.05, 0.1) is 22.2 Å². The van der Waals surface area contributed by atoms with Crippen LogP contribution in [0.15, 0.2) is 44.8 Å². The van der Waals surface area contributed by atoms with Gasteiger partial charge in [0.1, 0.15) is 0 Å². The molecule has 0 spiro atoms. The molecule has 2 aliphatic rings. The molecule has 0 fully saturated rings. The second kappa shape index (κ2) is 12.6. The van der Waals surface area contributed by atoms with Crippen molar-refractivity contribution in [1.29, 1.82) is 0 Å². The zero-order chi connectivity index (χ0) is 22.3. The van der Waals surface area contributed by atoms with Gasteiger partial charge < -0.3 is 15.0 Å². The molecule has 0 bridgehead atoms. The average molecular weight is 502 g/mol. The summed E-state index contributed by atoms with van der Waals surface area (Å²) in [6.07, 6.45) is 4.71. The standard InChI is InChI=1S/C22H31N3O4S2.ClH/c1-3-5-14-29-15-16-31(27,28)18-10-8-17(9-11-18)24-21(26)20-19(7-4-2)25-13-6-12-23-22(25)30-20;/h8-11H,3-7,12-16H2,1-2H3,(H,24,26);1H. The maximum absolute atomic E-state index is 12.9. The van der Waals surface area contributed by atoms with Crippen molar-refractivity contribution in [2.45, 2.75) is 50.8 Å². The highest BCUT2D eigenvalue weighted by Crippen LogP contribution is 2.38. The maximum atomic E-state index is 12.9. The Hall–Kier alpha value is -1.55. The number of nitrogens with zero attached hydrogens (tertiary/aromatic N) is 2. The molecule has 0 aromatic heterocycles. The molecule has 0 unspecified atom stereocenters. The molecule has 0 aliphatic carbocycles. The number of benzene rings is 1. The number of allylic oxidation sites excluding steroid dienone is 1. The third kappa shape index (κ3) is 6.73. The molecule has 0 radical (unpaired) electrons. The Balaban J connectivity index is 0.00000363. The molecule has 10 heteroatoms. The number of ether oxygens (including phenoxy) is 1. The Morgan fingerprint density at radius 3 is 2.62 bits per heavy atom. The Morgan fingerprint density at radius 1 is 1.19 bits per heavy atom. The van der Waals surface area contributed by atoms with E-state index in [1.54, 1.807) is 12.1 Å². The van der Waals surface area contributed by atoms with E-state index in [0.717, 1.165) is 56.1 Å². The number of aliphatic imine (C=N–C) groups is 1. The SMILES string of the molecule is CCCCOCCS(=O)(=O)c1ccc(NC(=O)C2=C(CCC)N3CCCN=C3S2)cc1.Cl. The van der Waals surface area contributed by atoms with Gasteiger partial charge >= 0.3 is 0 Å². The molecule has 0 saturated heterocycles. The first-order valence-electron chi connectivity index (χ1n) is 10.9. The van der Waals surface area contributed by atoms with Crippen LogP contribution in [0.1, 0.15) is 46.0 Å². The van der Waals surface area contributed by atoms with E-state index in [1.807, 2.05) is 0 Å².